The lowest BCUT2D eigenvalue weighted by Gasteiger charge is -2.20. The van der Waals surface area contributed by atoms with Crippen LogP contribution in [0.25, 0.3) is 0 Å². The number of rotatable bonds is 6. The second kappa shape index (κ2) is 7.95. The van der Waals surface area contributed by atoms with Crippen molar-refractivity contribution in [3.63, 3.8) is 0 Å². The summed E-state index contributed by atoms with van der Waals surface area (Å²) in [4.78, 5) is 26.1. The van der Waals surface area contributed by atoms with Crippen molar-refractivity contribution >= 4 is 28.3 Å². The van der Waals surface area contributed by atoms with E-state index in [2.05, 4.69) is 34.6 Å². The third-order valence-electron chi connectivity index (χ3n) is 4.70. The molecule has 0 bridgehead atoms. The molecule has 2 aromatic rings. The van der Waals surface area contributed by atoms with Crippen LogP contribution in [0, 0.1) is 5.92 Å². The Labute approximate surface area is 157 Å². The number of nitrogens with one attached hydrogen (secondary N) is 1. The quantitative estimate of drug-likeness (QED) is 0.845. The molecule has 0 radical (unpaired) electrons. The SMILES string of the molecule is CC(C)N1C[C@H](C(=O)Nc2nnc(C[C@H](C)c3ccccc3)s2)CC1=O. The van der Waals surface area contributed by atoms with E-state index in [0.717, 1.165) is 11.4 Å². The Bertz CT molecular complexity index is 775. The van der Waals surface area contributed by atoms with E-state index in [1.54, 1.807) is 4.90 Å². The van der Waals surface area contributed by atoms with Crippen LogP contribution in [-0.4, -0.2) is 39.5 Å². The molecule has 26 heavy (non-hydrogen) atoms. The van der Waals surface area contributed by atoms with E-state index < -0.39 is 0 Å². The molecule has 3 rings (SSSR count). The van der Waals surface area contributed by atoms with Gasteiger partial charge in [-0.15, -0.1) is 10.2 Å². The Hall–Kier alpha value is -2.28. The molecule has 6 nitrogen and oxygen atoms in total. The van der Waals surface area contributed by atoms with Crippen LogP contribution in [0.5, 0.6) is 0 Å². The van der Waals surface area contributed by atoms with Gasteiger partial charge in [0.15, 0.2) is 0 Å². The summed E-state index contributed by atoms with van der Waals surface area (Å²) in [5.74, 6) is -0.102. The monoisotopic (exact) mass is 372 g/mol. The fourth-order valence-electron chi connectivity index (χ4n) is 3.16. The lowest BCUT2D eigenvalue weighted by atomic mass is 9.98. The highest BCUT2D eigenvalue weighted by Gasteiger charge is 2.35. The highest BCUT2D eigenvalue weighted by atomic mass is 32.1. The van der Waals surface area contributed by atoms with Crippen molar-refractivity contribution in [1.29, 1.82) is 0 Å². The van der Waals surface area contributed by atoms with Crippen molar-refractivity contribution in [2.45, 2.75) is 45.6 Å². The summed E-state index contributed by atoms with van der Waals surface area (Å²) in [6.45, 7) is 6.55. The molecule has 2 atom stereocenters. The van der Waals surface area contributed by atoms with Gasteiger partial charge in [-0.1, -0.05) is 48.6 Å². The van der Waals surface area contributed by atoms with Crippen LogP contribution in [0.2, 0.25) is 0 Å². The molecule has 0 spiro atoms. The third kappa shape index (κ3) is 4.27. The standard InChI is InChI=1S/C19H24N4O2S/c1-12(2)23-11-15(10-17(23)24)18(25)20-19-22-21-16(26-19)9-13(3)14-7-5-4-6-8-14/h4-8,12-13,15H,9-11H2,1-3H3,(H,20,22,25)/t13-,15+/m0/s1. The van der Waals surface area contributed by atoms with Crippen LogP contribution >= 0.6 is 11.3 Å². The topological polar surface area (TPSA) is 75.2 Å². The smallest absolute Gasteiger partial charge is 0.231 e. The molecule has 0 unspecified atom stereocenters. The van der Waals surface area contributed by atoms with E-state index in [0.29, 0.717) is 17.6 Å². The van der Waals surface area contributed by atoms with Gasteiger partial charge in [0.25, 0.3) is 0 Å². The fraction of sp³-hybridized carbons (Fsp3) is 0.474. The van der Waals surface area contributed by atoms with Crippen molar-refractivity contribution in [2.75, 3.05) is 11.9 Å². The van der Waals surface area contributed by atoms with Crippen LogP contribution in [-0.2, 0) is 16.0 Å². The number of carbonyl (C=O) groups is 2. The van der Waals surface area contributed by atoms with Gasteiger partial charge in [0, 0.05) is 25.4 Å². The molecule has 1 aromatic heterocycles. The summed E-state index contributed by atoms with van der Waals surface area (Å²) in [6.07, 6.45) is 1.04. The number of hydrogen-bond acceptors (Lipinski definition) is 5. The van der Waals surface area contributed by atoms with Crippen LogP contribution in [0.1, 0.15) is 43.7 Å². The summed E-state index contributed by atoms with van der Waals surface area (Å²) in [5, 5.41) is 12.5. The van der Waals surface area contributed by atoms with Crippen LogP contribution < -0.4 is 5.32 Å². The number of hydrogen-bond donors (Lipinski definition) is 1. The summed E-state index contributed by atoms with van der Waals surface area (Å²) in [5.41, 5.74) is 1.26. The van der Waals surface area contributed by atoms with Crippen molar-refractivity contribution in [1.82, 2.24) is 15.1 Å². The molecule has 1 fully saturated rings. The van der Waals surface area contributed by atoms with Gasteiger partial charge < -0.3 is 10.2 Å². The van der Waals surface area contributed by atoms with E-state index in [1.165, 1.54) is 16.9 Å². The molecule has 1 saturated heterocycles. The summed E-state index contributed by atoms with van der Waals surface area (Å²) >= 11 is 1.40. The van der Waals surface area contributed by atoms with Crippen LogP contribution in [0.15, 0.2) is 30.3 Å². The maximum atomic E-state index is 12.4. The molecule has 1 aliphatic heterocycles. The van der Waals surface area contributed by atoms with Crippen LogP contribution in [0.4, 0.5) is 5.13 Å². The zero-order valence-corrected chi connectivity index (χ0v) is 16.1. The normalized spacial score (nSPS) is 18.4. The van der Waals surface area contributed by atoms with Gasteiger partial charge in [-0.3, -0.25) is 9.59 Å². The van der Waals surface area contributed by atoms with Crippen molar-refractivity contribution in [3.05, 3.63) is 40.9 Å². The van der Waals surface area contributed by atoms with Crippen LogP contribution in [0.3, 0.4) is 0 Å². The minimum Gasteiger partial charge on any atom is -0.339 e. The van der Waals surface area contributed by atoms with E-state index >= 15 is 0 Å². The first-order chi connectivity index (χ1) is 12.4. The second-order valence-electron chi connectivity index (χ2n) is 7.05. The van der Waals surface area contributed by atoms with Gasteiger partial charge in [-0.05, 0) is 25.3 Å². The number of nitrogens with zero attached hydrogens (tertiary/aromatic N) is 3. The maximum absolute atomic E-state index is 12.4. The third-order valence-corrected chi connectivity index (χ3v) is 5.56. The predicted octanol–water partition coefficient (Wildman–Crippen LogP) is 3.08. The first-order valence-electron chi connectivity index (χ1n) is 8.91. The van der Waals surface area contributed by atoms with Gasteiger partial charge in [-0.2, -0.15) is 0 Å². The molecule has 2 heterocycles. The molecule has 2 amide bonds. The molecule has 1 N–H and O–H groups in total. The van der Waals surface area contributed by atoms with Crippen molar-refractivity contribution in [3.8, 4) is 0 Å². The lowest BCUT2D eigenvalue weighted by molar-refractivity contribution is -0.129. The Kier molecular flexibility index (Phi) is 5.66. The summed E-state index contributed by atoms with van der Waals surface area (Å²) < 4.78 is 0. The van der Waals surface area contributed by atoms with Gasteiger partial charge in [0.1, 0.15) is 5.01 Å². The molecular weight excluding hydrogens is 348 g/mol. The summed E-state index contributed by atoms with van der Waals surface area (Å²) in [7, 11) is 0. The maximum Gasteiger partial charge on any atom is 0.231 e. The highest BCUT2D eigenvalue weighted by Crippen LogP contribution is 2.26. The average Bonchev–Trinajstić information content (AvgIpc) is 3.22. The Morgan fingerprint density at radius 2 is 2.00 bits per heavy atom. The molecule has 0 aliphatic carbocycles. The van der Waals surface area contributed by atoms with Gasteiger partial charge >= 0.3 is 0 Å². The predicted molar refractivity (Wildman–Crippen MR) is 102 cm³/mol. The zero-order valence-electron chi connectivity index (χ0n) is 15.3. The molecule has 1 aromatic carbocycles. The van der Waals surface area contributed by atoms with E-state index in [4.69, 9.17) is 0 Å². The zero-order chi connectivity index (χ0) is 18.7. The van der Waals surface area contributed by atoms with E-state index in [9.17, 15) is 9.59 Å². The van der Waals surface area contributed by atoms with Gasteiger partial charge in [0.2, 0.25) is 16.9 Å². The molecule has 138 valence electrons. The van der Waals surface area contributed by atoms with E-state index in [-0.39, 0.29) is 30.2 Å². The number of aromatic nitrogens is 2. The average molecular weight is 372 g/mol. The Balaban J connectivity index is 1.57. The van der Waals surface area contributed by atoms with Crippen molar-refractivity contribution < 1.29 is 9.59 Å². The minimum absolute atomic E-state index is 0.0368. The Morgan fingerprint density at radius 3 is 2.65 bits per heavy atom. The number of anilines is 1. The number of likely N-dealkylation sites (tertiary alicyclic amines) is 1. The second-order valence-corrected chi connectivity index (χ2v) is 8.11. The molecule has 7 heteroatoms. The number of amides is 2. The number of carbonyl (C=O) groups excluding carboxylic acids is 2. The molecule has 0 saturated carbocycles. The lowest BCUT2D eigenvalue weighted by Crippen LogP contribution is -2.33. The molecule has 1 aliphatic rings. The van der Waals surface area contributed by atoms with E-state index in [1.807, 2.05) is 32.0 Å². The first kappa shape index (κ1) is 18.5. The molecular formula is C19H24N4O2S. The summed E-state index contributed by atoms with van der Waals surface area (Å²) in [6, 6.07) is 10.4. The fourth-order valence-corrected chi connectivity index (χ4v) is 4.03. The largest absolute Gasteiger partial charge is 0.339 e. The Morgan fingerprint density at radius 1 is 1.27 bits per heavy atom. The van der Waals surface area contributed by atoms with Gasteiger partial charge in [-0.25, -0.2) is 0 Å². The van der Waals surface area contributed by atoms with Gasteiger partial charge in [0.05, 0.1) is 5.92 Å². The number of benzene rings is 1. The van der Waals surface area contributed by atoms with Crippen molar-refractivity contribution in [2.24, 2.45) is 5.92 Å². The minimum atomic E-state index is -0.319. The first-order valence-corrected chi connectivity index (χ1v) is 9.73. The highest BCUT2D eigenvalue weighted by molar-refractivity contribution is 7.15.